The summed E-state index contributed by atoms with van der Waals surface area (Å²) in [6.45, 7) is 5.07. The standard InChI is InChI=1S/C21H22N4O2/c1-3-19(26)24-11-9-15-7-8-17(12-16(15)13-24)23-21(27)20-14(2)22-18-6-4-5-10-25(18)20/h4-8,10,12H,3,9,11,13H2,1-2H3,(H,23,27). The first-order valence-electron chi connectivity index (χ1n) is 9.21. The lowest BCUT2D eigenvalue weighted by Gasteiger charge is -2.29. The molecular formula is C21H22N4O2. The quantitative estimate of drug-likeness (QED) is 0.778. The Bertz CT molecular complexity index is 1040. The fourth-order valence-corrected chi connectivity index (χ4v) is 3.65. The molecule has 0 fully saturated rings. The fraction of sp³-hybridized carbons (Fsp3) is 0.286. The molecule has 1 aromatic carbocycles. The second kappa shape index (κ2) is 6.87. The zero-order chi connectivity index (χ0) is 19.0. The van der Waals surface area contributed by atoms with Crippen molar-refractivity contribution in [2.24, 2.45) is 0 Å². The van der Waals surface area contributed by atoms with Crippen LogP contribution in [0.3, 0.4) is 0 Å². The van der Waals surface area contributed by atoms with Crippen molar-refractivity contribution in [3.05, 3.63) is 65.1 Å². The molecule has 0 saturated heterocycles. The molecule has 0 unspecified atom stereocenters. The molecule has 0 atom stereocenters. The normalized spacial score (nSPS) is 13.5. The molecule has 0 saturated carbocycles. The van der Waals surface area contributed by atoms with Gasteiger partial charge in [-0.2, -0.15) is 0 Å². The number of anilines is 1. The Labute approximate surface area is 157 Å². The van der Waals surface area contributed by atoms with E-state index in [2.05, 4.69) is 10.3 Å². The number of imidazole rings is 1. The average Bonchev–Trinajstić information content (AvgIpc) is 3.02. The van der Waals surface area contributed by atoms with Gasteiger partial charge in [0.15, 0.2) is 0 Å². The van der Waals surface area contributed by atoms with Gasteiger partial charge < -0.3 is 10.2 Å². The van der Waals surface area contributed by atoms with Crippen molar-refractivity contribution in [3.8, 4) is 0 Å². The maximum Gasteiger partial charge on any atom is 0.274 e. The summed E-state index contributed by atoms with van der Waals surface area (Å²) in [5, 5.41) is 2.98. The summed E-state index contributed by atoms with van der Waals surface area (Å²) < 4.78 is 1.80. The topological polar surface area (TPSA) is 66.7 Å². The zero-order valence-corrected chi connectivity index (χ0v) is 15.5. The van der Waals surface area contributed by atoms with Crippen LogP contribution in [-0.4, -0.2) is 32.6 Å². The van der Waals surface area contributed by atoms with Crippen LogP contribution in [0.5, 0.6) is 0 Å². The number of nitrogens with zero attached hydrogens (tertiary/aromatic N) is 3. The molecule has 1 aliphatic rings. The number of hydrogen-bond acceptors (Lipinski definition) is 3. The largest absolute Gasteiger partial charge is 0.338 e. The van der Waals surface area contributed by atoms with Crippen LogP contribution < -0.4 is 5.32 Å². The maximum absolute atomic E-state index is 12.9. The summed E-state index contributed by atoms with van der Waals surface area (Å²) in [6.07, 6.45) is 3.20. The Balaban J connectivity index is 1.59. The van der Waals surface area contributed by atoms with E-state index in [4.69, 9.17) is 0 Å². The number of fused-ring (bicyclic) bond motifs is 2. The lowest BCUT2D eigenvalue weighted by atomic mass is 9.98. The van der Waals surface area contributed by atoms with E-state index in [0.717, 1.165) is 29.9 Å². The second-order valence-corrected chi connectivity index (χ2v) is 6.83. The van der Waals surface area contributed by atoms with Crippen molar-refractivity contribution in [3.63, 3.8) is 0 Å². The van der Waals surface area contributed by atoms with Gasteiger partial charge in [0.05, 0.1) is 5.69 Å². The number of carbonyl (C=O) groups is 2. The number of carbonyl (C=O) groups excluding carboxylic acids is 2. The van der Waals surface area contributed by atoms with Gasteiger partial charge in [-0.15, -0.1) is 0 Å². The van der Waals surface area contributed by atoms with Gasteiger partial charge in [-0.1, -0.05) is 19.1 Å². The molecule has 6 heteroatoms. The highest BCUT2D eigenvalue weighted by atomic mass is 16.2. The summed E-state index contributed by atoms with van der Waals surface area (Å²) in [5.41, 5.74) is 5.03. The molecule has 0 spiro atoms. The Kier molecular flexibility index (Phi) is 4.39. The smallest absolute Gasteiger partial charge is 0.274 e. The molecule has 6 nitrogen and oxygen atoms in total. The monoisotopic (exact) mass is 362 g/mol. The minimum Gasteiger partial charge on any atom is -0.338 e. The van der Waals surface area contributed by atoms with Gasteiger partial charge in [-0.25, -0.2) is 4.98 Å². The number of pyridine rings is 1. The van der Waals surface area contributed by atoms with Crippen molar-refractivity contribution in [1.82, 2.24) is 14.3 Å². The first-order valence-corrected chi connectivity index (χ1v) is 9.21. The summed E-state index contributed by atoms with van der Waals surface area (Å²) in [7, 11) is 0. The van der Waals surface area contributed by atoms with E-state index in [-0.39, 0.29) is 11.8 Å². The van der Waals surface area contributed by atoms with Gasteiger partial charge in [0.2, 0.25) is 5.91 Å². The number of benzene rings is 1. The van der Waals surface area contributed by atoms with Crippen molar-refractivity contribution < 1.29 is 9.59 Å². The second-order valence-electron chi connectivity index (χ2n) is 6.83. The summed E-state index contributed by atoms with van der Waals surface area (Å²) in [5.74, 6) is -0.0279. The zero-order valence-electron chi connectivity index (χ0n) is 15.5. The maximum atomic E-state index is 12.9. The number of amides is 2. The molecule has 138 valence electrons. The van der Waals surface area contributed by atoms with Gasteiger partial charge in [0.25, 0.3) is 5.91 Å². The van der Waals surface area contributed by atoms with E-state index in [1.807, 2.05) is 61.3 Å². The third-order valence-corrected chi connectivity index (χ3v) is 5.05. The van der Waals surface area contributed by atoms with Crippen LogP contribution in [-0.2, 0) is 17.8 Å². The van der Waals surface area contributed by atoms with Crippen LogP contribution in [0, 0.1) is 6.92 Å². The van der Waals surface area contributed by atoms with Crippen LogP contribution in [0.25, 0.3) is 5.65 Å². The van der Waals surface area contributed by atoms with Gasteiger partial charge in [-0.3, -0.25) is 14.0 Å². The van der Waals surface area contributed by atoms with E-state index in [1.165, 1.54) is 5.56 Å². The molecule has 2 amide bonds. The predicted octanol–water partition coefficient (Wildman–Crippen LogP) is 3.19. The Hall–Kier alpha value is -3.15. The third-order valence-electron chi connectivity index (χ3n) is 5.05. The van der Waals surface area contributed by atoms with Gasteiger partial charge in [-0.05, 0) is 48.7 Å². The lowest BCUT2D eigenvalue weighted by Crippen LogP contribution is -2.35. The third kappa shape index (κ3) is 3.18. The van der Waals surface area contributed by atoms with Crippen LogP contribution in [0.15, 0.2) is 42.6 Å². The average molecular weight is 362 g/mol. The Morgan fingerprint density at radius 1 is 1.19 bits per heavy atom. The molecule has 1 N–H and O–H groups in total. The van der Waals surface area contributed by atoms with E-state index in [1.54, 1.807) is 4.40 Å². The minimum absolute atomic E-state index is 0.163. The summed E-state index contributed by atoms with van der Waals surface area (Å²) in [4.78, 5) is 31.2. The van der Waals surface area contributed by atoms with E-state index >= 15 is 0 Å². The van der Waals surface area contributed by atoms with Crippen LogP contribution in [0.2, 0.25) is 0 Å². The molecule has 2 aromatic heterocycles. The van der Waals surface area contributed by atoms with Crippen molar-refractivity contribution >= 4 is 23.1 Å². The van der Waals surface area contributed by atoms with Crippen LogP contribution in [0.1, 0.15) is 40.7 Å². The lowest BCUT2D eigenvalue weighted by molar-refractivity contribution is -0.131. The number of rotatable bonds is 3. The first kappa shape index (κ1) is 17.3. The number of aromatic nitrogens is 2. The molecule has 3 aromatic rings. The molecule has 27 heavy (non-hydrogen) atoms. The highest BCUT2D eigenvalue weighted by Crippen LogP contribution is 2.24. The molecular weight excluding hydrogens is 340 g/mol. The number of aryl methyl sites for hydroxylation is 1. The van der Waals surface area contributed by atoms with Gasteiger partial charge in [0, 0.05) is 31.4 Å². The minimum atomic E-state index is -0.191. The van der Waals surface area contributed by atoms with Crippen molar-refractivity contribution in [2.45, 2.75) is 33.2 Å². The summed E-state index contributed by atoms with van der Waals surface area (Å²) >= 11 is 0. The Morgan fingerprint density at radius 2 is 2.04 bits per heavy atom. The molecule has 0 aliphatic carbocycles. The molecule has 1 aliphatic heterocycles. The molecule has 0 radical (unpaired) electrons. The van der Waals surface area contributed by atoms with Crippen molar-refractivity contribution in [2.75, 3.05) is 11.9 Å². The molecule has 0 bridgehead atoms. The van der Waals surface area contributed by atoms with Gasteiger partial charge in [0.1, 0.15) is 11.3 Å². The Morgan fingerprint density at radius 3 is 2.85 bits per heavy atom. The first-order chi connectivity index (χ1) is 13.1. The van der Waals surface area contributed by atoms with Gasteiger partial charge >= 0.3 is 0 Å². The number of nitrogens with one attached hydrogen (secondary N) is 1. The highest BCUT2D eigenvalue weighted by molar-refractivity contribution is 6.04. The van der Waals surface area contributed by atoms with E-state index < -0.39 is 0 Å². The van der Waals surface area contributed by atoms with Crippen molar-refractivity contribution in [1.29, 1.82) is 0 Å². The highest BCUT2D eigenvalue weighted by Gasteiger charge is 2.21. The summed E-state index contributed by atoms with van der Waals surface area (Å²) in [6, 6.07) is 11.6. The van der Waals surface area contributed by atoms with Crippen LogP contribution in [0.4, 0.5) is 5.69 Å². The molecule has 3 heterocycles. The number of hydrogen-bond donors (Lipinski definition) is 1. The van der Waals surface area contributed by atoms with E-state index in [0.29, 0.717) is 24.4 Å². The predicted molar refractivity (Wildman–Crippen MR) is 104 cm³/mol. The molecule has 4 rings (SSSR count). The SMILES string of the molecule is CCC(=O)N1CCc2ccc(NC(=O)c3c(C)nc4ccccn34)cc2C1. The van der Waals surface area contributed by atoms with Crippen LogP contribution >= 0.6 is 0 Å². The fourth-order valence-electron chi connectivity index (χ4n) is 3.65. The van der Waals surface area contributed by atoms with E-state index in [9.17, 15) is 9.59 Å².